The Bertz CT molecular complexity index is 629. The maximum atomic E-state index is 12.1. The van der Waals surface area contributed by atoms with Gasteiger partial charge in [0.1, 0.15) is 0 Å². The van der Waals surface area contributed by atoms with Crippen LogP contribution in [0.2, 0.25) is 0 Å². The Balaban J connectivity index is 1.60. The number of benzene rings is 1. The number of nitrogens with zero attached hydrogens (tertiary/aromatic N) is 2. The van der Waals surface area contributed by atoms with E-state index in [1.165, 1.54) is 12.4 Å². The van der Waals surface area contributed by atoms with Gasteiger partial charge in [-0.1, -0.05) is 18.2 Å². The highest BCUT2D eigenvalue weighted by atomic mass is 16.1. The molecule has 0 aliphatic heterocycles. The molecule has 1 saturated carbocycles. The van der Waals surface area contributed by atoms with Gasteiger partial charge in [-0.15, -0.1) is 0 Å². The summed E-state index contributed by atoms with van der Waals surface area (Å²) in [4.78, 5) is 20.5. The maximum Gasteiger partial charge on any atom is 0.254 e. The predicted octanol–water partition coefficient (Wildman–Crippen LogP) is 1.83. The largest absolute Gasteiger partial charge is 0.349 e. The van der Waals surface area contributed by atoms with Crippen molar-refractivity contribution in [2.45, 2.75) is 31.3 Å². The molecule has 0 radical (unpaired) electrons. The minimum atomic E-state index is -0.148. The lowest BCUT2D eigenvalue weighted by Gasteiger charge is -2.12. The Morgan fingerprint density at radius 2 is 1.86 bits per heavy atom. The first-order valence-corrected chi connectivity index (χ1v) is 7.41. The van der Waals surface area contributed by atoms with Crippen molar-refractivity contribution in [1.82, 2.24) is 15.3 Å². The molecule has 2 atom stereocenters. The van der Waals surface area contributed by atoms with E-state index >= 15 is 0 Å². The number of rotatable bonds is 4. The SMILES string of the molecule is N[C@@H]1CC[C@@H](NC(=O)c2cnc(Nc3ccccc3)nc2)C1. The van der Waals surface area contributed by atoms with Crippen LogP contribution in [0.4, 0.5) is 11.6 Å². The predicted molar refractivity (Wildman–Crippen MR) is 84.8 cm³/mol. The number of nitrogens with two attached hydrogens (primary N) is 1. The number of amides is 1. The fourth-order valence-electron chi connectivity index (χ4n) is 2.58. The van der Waals surface area contributed by atoms with Gasteiger partial charge in [0, 0.05) is 30.2 Å². The summed E-state index contributed by atoms with van der Waals surface area (Å²) in [6.45, 7) is 0. The normalized spacial score (nSPS) is 20.6. The topological polar surface area (TPSA) is 92.9 Å². The molecule has 1 fully saturated rings. The number of anilines is 2. The van der Waals surface area contributed by atoms with Gasteiger partial charge >= 0.3 is 0 Å². The molecule has 4 N–H and O–H groups in total. The Morgan fingerprint density at radius 3 is 2.50 bits per heavy atom. The highest BCUT2D eigenvalue weighted by molar-refractivity contribution is 5.93. The van der Waals surface area contributed by atoms with E-state index in [4.69, 9.17) is 5.73 Å². The third-order valence-corrected chi connectivity index (χ3v) is 3.75. The number of para-hydroxylation sites is 1. The molecule has 0 saturated heterocycles. The molecule has 1 aliphatic rings. The first-order valence-electron chi connectivity index (χ1n) is 7.41. The van der Waals surface area contributed by atoms with Crippen LogP contribution in [-0.2, 0) is 0 Å². The van der Waals surface area contributed by atoms with Crippen molar-refractivity contribution in [3.05, 3.63) is 48.3 Å². The van der Waals surface area contributed by atoms with Crippen molar-refractivity contribution < 1.29 is 4.79 Å². The van der Waals surface area contributed by atoms with Crippen LogP contribution < -0.4 is 16.4 Å². The second-order valence-electron chi connectivity index (χ2n) is 5.53. The molecular formula is C16H19N5O. The van der Waals surface area contributed by atoms with Gasteiger partial charge in [-0.2, -0.15) is 0 Å². The van der Waals surface area contributed by atoms with E-state index < -0.39 is 0 Å². The molecule has 114 valence electrons. The monoisotopic (exact) mass is 297 g/mol. The first-order chi connectivity index (χ1) is 10.7. The molecule has 1 aromatic heterocycles. The molecular weight excluding hydrogens is 278 g/mol. The lowest BCUT2D eigenvalue weighted by molar-refractivity contribution is 0.0937. The van der Waals surface area contributed by atoms with E-state index in [2.05, 4.69) is 20.6 Å². The fraction of sp³-hybridized carbons (Fsp3) is 0.312. The summed E-state index contributed by atoms with van der Waals surface area (Å²) in [5.74, 6) is 0.316. The molecule has 1 aromatic carbocycles. The molecule has 6 nitrogen and oxygen atoms in total. The zero-order chi connectivity index (χ0) is 15.4. The quantitative estimate of drug-likeness (QED) is 0.800. The molecule has 22 heavy (non-hydrogen) atoms. The molecule has 1 heterocycles. The number of hydrogen-bond acceptors (Lipinski definition) is 5. The van der Waals surface area contributed by atoms with Gasteiger partial charge in [-0.25, -0.2) is 9.97 Å². The van der Waals surface area contributed by atoms with E-state index in [-0.39, 0.29) is 18.0 Å². The lowest BCUT2D eigenvalue weighted by Crippen LogP contribution is -2.34. The van der Waals surface area contributed by atoms with E-state index in [1.54, 1.807) is 0 Å². The second kappa shape index (κ2) is 6.53. The Kier molecular flexibility index (Phi) is 4.29. The minimum absolute atomic E-state index is 0.148. The van der Waals surface area contributed by atoms with Crippen molar-refractivity contribution in [2.24, 2.45) is 5.73 Å². The van der Waals surface area contributed by atoms with Gasteiger partial charge in [0.25, 0.3) is 5.91 Å². The van der Waals surface area contributed by atoms with Crippen molar-refractivity contribution in [3.63, 3.8) is 0 Å². The van der Waals surface area contributed by atoms with E-state index in [0.29, 0.717) is 11.5 Å². The van der Waals surface area contributed by atoms with E-state index in [1.807, 2.05) is 30.3 Å². The van der Waals surface area contributed by atoms with Gasteiger partial charge in [0.2, 0.25) is 5.95 Å². The van der Waals surface area contributed by atoms with Gasteiger partial charge in [0.15, 0.2) is 0 Å². The van der Waals surface area contributed by atoms with Crippen molar-refractivity contribution in [1.29, 1.82) is 0 Å². The summed E-state index contributed by atoms with van der Waals surface area (Å²) >= 11 is 0. The fourth-order valence-corrected chi connectivity index (χ4v) is 2.58. The molecule has 0 bridgehead atoms. The van der Waals surface area contributed by atoms with Crippen molar-refractivity contribution >= 4 is 17.5 Å². The summed E-state index contributed by atoms with van der Waals surface area (Å²) in [5, 5.41) is 6.05. The van der Waals surface area contributed by atoms with Crippen LogP contribution in [0, 0.1) is 0 Å². The van der Waals surface area contributed by atoms with Crippen LogP contribution in [0.15, 0.2) is 42.7 Å². The third kappa shape index (κ3) is 3.59. The summed E-state index contributed by atoms with van der Waals surface area (Å²) in [6.07, 6.45) is 5.79. The van der Waals surface area contributed by atoms with Crippen LogP contribution in [0.5, 0.6) is 0 Å². The van der Waals surface area contributed by atoms with Crippen LogP contribution in [0.25, 0.3) is 0 Å². The van der Waals surface area contributed by atoms with Gasteiger partial charge < -0.3 is 16.4 Å². The average Bonchev–Trinajstić information content (AvgIpc) is 2.94. The Morgan fingerprint density at radius 1 is 1.14 bits per heavy atom. The van der Waals surface area contributed by atoms with Crippen LogP contribution in [0.1, 0.15) is 29.6 Å². The standard InChI is InChI=1S/C16H19N5O/c17-12-6-7-14(8-12)20-15(22)11-9-18-16(19-10-11)21-13-4-2-1-3-5-13/h1-5,9-10,12,14H,6-8,17H2,(H,20,22)(H,18,19,21)/t12-,14-/m1/s1. The molecule has 3 rings (SSSR count). The van der Waals surface area contributed by atoms with Crippen molar-refractivity contribution in [3.8, 4) is 0 Å². The third-order valence-electron chi connectivity index (χ3n) is 3.75. The summed E-state index contributed by atoms with van der Waals surface area (Å²) < 4.78 is 0. The Hall–Kier alpha value is -2.47. The first kappa shape index (κ1) is 14.5. The van der Waals surface area contributed by atoms with Crippen LogP contribution >= 0.6 is 0 Å². The number of hydrogen-bond donors (Lipinski definition) is 3. The Labute approximate surface area is 129 Å². The smallest absolute Gasteiger partial charge is 0.254 e. The maximum absolute atomic E-state index is 12.1. The van der Waals surface area contributed by atoms with Gasteiger partial charge in [0.05, 0.1) is 5.56 Å². The molecule has 1 aliphatic carbocycles. The summed E-state index contributed by atoms with van der Waals surface area (Å²) in [7, 11) is 0. The number of nitrogens with one attached hydrogen (secondary N) is 2. The van der Waals surface area contributed by atoms with Gasteiger partial charge in [-0.3, -0.25) is 4.79 Å². The zero-order valence-corrected chi connectivity index (χ0v) is 12.2. The average molecular weight is 297 g/mol. The lowest BCUT2D eigenvalue weighted by atomic mass is 10.2. The molecule has 2 aromatic rings. The second-order valence-corrected chi connectivity index (χ2v) is 5.53. The number of aromatic nitrogens is 2. The van der Waals surface area contributed by atoms with Crippen LogP contribution in [0.3, 0.4) is 0 Å². The van der Waals surface area contributed by atoms with E-state index in [9.17, 15) is 4.79 Å². The summed E-state index contributed by atoms with van der Waals surface area (Å²) in [6, 6.07) is 9.99. The molecule has 6 heteroatoms. The van der Waals surface area contributed by atoms with E-state index in [0.717, 1.165) is 24.9 Å². The summed E-state index contributed by atoms with van der Waals surface area (Å²) in [5.41, 5.74) is 7.21. The number of carbonyl (C=O) groups excluding carboxylic acids is 1. The van der Waals surface area contributed by atoms with Crippen molar-refractivity contribution in [2.75, 3.05) is 5.32 Å². The van der Waals surface area contributed by atoms with Gasteiger partial charge in [-0.05, 0) is 31.4 Å². The highest BCUT2D eigenvalue weighted by Gasteiger charge is 2.23. The molecule has 1 amide bonds. The zero-order valence-electron chi connectivity index (χ0n) is 12.2. The van der Waals surface area contributed by atoms with Crippen LogP contribution in [-0.4, -0.2) is 28.0 Å². The molecule has 0 spiro atoms. The number of carbonyl (C=O) groups is 1. The highest BCUT2D eigenvalue weighted by Crippen LogP contribution is 2.17. The minimum Gasteiger partial charge on any atom is -0.349 e. The molecule has 0 unspecified atom stereocenters.